The molecule has 5 rings (SSSR count). The molecule has 2 aliphatic heterocycles. The molecule has 0 spiro atoms. The number of ether oxygens (including phenoxy) is 3. The largest absolute Gasteiger partial charge is 0.484 e. The maximum atomic E-state index is 12.4. The van der Waals surface area contributed by atoms with E-state index in [1.165, 1.54) is 5.56 Å². The van der Waals surface area contributed by atoms with Crippen LogP contribution in [0.1, 0.15) is 17.3 Å². The SMILES string of the molecule is CN(Cc1ccccc1)Cc1cn(C2COC3C(NC(=O)COc4ccccc4)COC32)nn1. The summed E-state index contributed by atoms with van der Waals surface area (Å²) in [4.78, 5) is 14.6. The minimum atomic E-state index is -0.223. The zero-order valence-corrected chi connectivity index (χ0v) is 19.1. The number of carbonyl (C=O) groups is 1. The molecule has 34 heavy (non-hydrogen) atoms. The van der Waals surface area contributed by atoms with Crippen LogP contribution in [0.5, 0.6) is 5.75 Å². The molecule has 9 nitrogen and oxygen atoms in total. The van der Waals surface area contributed by atoms with Gasteiger partial charge in [-0.1, -0.05) is 53.7 Å². The highest BCUT2D eigenvalue weighted by atomic mass is 16.6. The first-order chi connectivity index (χ1) is 16.7. The molecule has 2 fully saturated rings. The van der Waals surface area contributed by atoms with Crippen LogP contribution in [0.4, 0.5) is 0 Å². The van der Waals surface area contributed by atoms with Crippen LogP contribution in [-0.2, 0) is 27.4 Å². The van der Waals surface area contributed by atoms with E-state index in [0.29, 0.717) is 25.5 Å². The average Bonchev–Trinajstić information content (AvgIpc) is 3.57. The third kappa shape index (κ3) is 5.27. The van der Waals surface area contributed by atoms with Crippen LogP contribution < -0.4 is 10.1 Å². The summed E-state index contributed by atoms with van der Waals surface area (Å²) in [6.45, 7) is 2.33. The van der Waals surface area contributed by atoms with E-state index in [9.17, 15) is 4.79 Å². The maximum Gasteiger partial charge on any atom is 0.258 e. The molecule has 0 saturated carbocycles. The highest BCUT2D eigenvalue weighted by Crippen LogP contribution is 2.34. The first-order valence-corrected chi connectivity index (χ1v) is 11.5. The molecule has 2 saturated heterocycles. The Bertz CT molecular complexity index is 1080. The van der Waals surface area contributed by atoms with Crippen molar-refractivity contribution in [1.29, 1.82) is 0 Å². The van der Waals surface area contributed by atoms with E-state index in [0.717, 1.165) is 12.2 Å². The zero-order chi connectivity index (χ0) is 23.3. The number of para-hydroxylation sites is 1. The topological polar surface area (TPSA) is 90.7 Å². The Balaban J connectivity index is 1.12. The van der Waals surface area contributed by atoms with E-state index in [-0.39, 0.29) is 36.8 Å². The summed E-state index contributed by atoms with van der Waals surface area (Å²) >= 11 is 0. The van der Waals surface area contributed by atoms with Crippen molar-refractivity contribution in [3.63, 3.8) is 0 Å². The quantitative estimate of drug-likeness (QED) is 0.518. The van der Waals surface area contributed by atoms with Crippen LogP contribution in [-0.4, -0.2) is 70.9 Å². The van der Waals surface area contributed by atoms with Crippen molar-refractivity contribution in [1.82, 2.24) is 25.2 Å². The van der Waals surface area contributed by atoms with Crippen molar-refractivity contribution in [2.75, 3.05) is 26.9 Å². The van der Waals surface area contributed by atoms with Gasteiger partial charge in [-0.15, -0.1) is 5.10 Å². The summed E-state index contributed by atoms with van der Waals surface area (Å²) in [5.41, 5.74) is 2.15. The molecule has 4 atom stereocenters. The second-order valence-corrected chi connectivity index (χ2v) is 8.79. The van der Waals surface area contributed by atoms with Crippen LogP contribution in [0.15, 0.2) is 66.9 Å². The van der Waals surface area contributed by atoms with Crippen LogP contribution >= 0.6 is 0 Å². The smallest absolute Gasteiger partial charge is 0.258 e. The van der Waals surface area contributed by atoms with Gasteiger partial charge in [0.05, 0.1) is 31.1 Å². The molecule has 1 amide bonds. The van der Waals surface area contributed by atoms with Gasteiger partial charge in [-0.05, 0) is 24.7 Å². The number of hydrogen-bond donors (Lipinski definition) is 1. The molecular weight excluding hydrogens is 434 g/mol. The fourth-order valence-corrected chi connectivity index (χ4v) is 4.52. The molecule has 3 heterocycles. The number of nitrogens with zero attached hydrogens (tertiary/aromatic N) is 4. The molecule has 0 radical (unpaired) electrons. The highest BCUT2D eigenvalue weighted by molar-refractivity contribution is 5.78. The fourth-order valence-electron chi connectivity index (χ4n) is 4.52. The minimum Gasteiger partial charge on any atom is -0.484 e. The van der Waals surface area contributed by atoms with Crippen molar-refractivity contribution in [3.05, 3.63) is 78.1 Å². The lowest BCUT2D eigenvalue weighted by atomic mass is 10.1. The van der Waals surface area contributed by atoms with Crippen LogP contribution in [0.2, 0.25) is 0 Å². The van der Waals surface area contributed by atoms with E-state index >= 15 is 0 Å². The monoisotopic (exact) mass is 463 g/mol. The molecule has 1 aromatic heterocycles. The van der Waals surface area contributed by atoms with E-state index in [4.69, 9.17) is 14.2 Å². The molecule has 0 bridgehead atoms. The first-order valence-electron chi connectivity index (χ1n) is 11.5. The number of benzene rings is 2. The molecular formula is C25H29N5O4. The Morgan fingerprint density at radius 2 is 1.79 bits per heavy atom. The first kappa shape index (κ1) is 22.5. The number of aromatic nitrogens is 3. The number of carbonyl (C=O) groups excluding carboxylic acids is 1. The summed E-state index contributed by atoms with van der Waals surface area (Å²) in [5, 5.41) is 11.7. The second-order valence-electron chi connectivity index (χ2n) is 8.79. The predicted molar refractivity (Wildman–Crippen MR) is 124 cm³/mol. The Labute approximate surface area is 198 Å². The van der Waals surface area contributed by atoms with Gasteiger partial charge in [0.2, 0.25) is 0 Å². The van der Waals surface area contributed by atoms with Gasteiger partial charge in [0, 0.05) is 13.1 Å². The van der Waals surface area contributed by atoms with Crippen molar-refractivity contribution in [2.45, 2.75) is 37.4 Å². The zero-order valence-electron chi connectivity index (χ0n) is 19.1. The standard InChI is InChI=1S/C25H29N5O4/c1-29(12-18-8-4-2-5-9-18)13-19-14-30(28-27-19)22-16-34-24-21(15-33-25(22)24)26-23(31)17-32-20-10-6-3-7-11-20/h2-11,14,21-22,24-25H,12-13,15-17H2,1H3,(H,26,31). The van der Waals surface area contributed by atoms with Gasteiger partial charge in [0.1, 0.15) is 24.0 Å². The molecule has 2 aromatic carbocycles. The van der Waals surface area contributed by atoms with Crippen molar-refractivity contribution in [2.24, 2.45) is 0 Å². The number of fused-ring (bicyclic) bond motifs is 1. The Morgan fingerprint density at radius 1 is 1.06 bits per heavy atom. The lowest BCUT2D eigenvalue weighted by Gasteiger charge is -2.18. The number of amides is 1. The van der Waals surface area contributed by atoms with Crippen LogP contribution in [0, 0.1) is 0 Å². The van der Waals surface area contributed by atoms with Crippen LogP contribution in [0.3, 0.4) is 0 Å². The Hall–Kier alpha value is -3.27. The minimum absolute atomic E-state index is 0.0513. The van der Waals surface area contributed by atoms with Crippen LogP contribution in [0.25, 0.3) is 0 Å². The lowest BCUT2D eigenvalue weighted by molar-refractivity contribution is -0.124. The van der Waals surface area contributed by atoms with Crippen molar-refractivity contribution in [3.8, 4) is 5.75 Å². The molecule has 9 heteroatoms. The maximum absolute atomic E-state index is 12.4. The van der Waals surface area contributed by atoms with E-state index < -0.39 is 0 Å². The number of hydrogen-bond acceptors (Lipinski definition) is 7. The van der Waals surface area contributed by atoms with Gasteiger partial charge in [0.25, 0.3) is 5.91 Å². The van der Waals surface area contributed by atoms with Crippen molar-refractivity contribution >= 4 is 5.91 Å². The molecule has 0 aliphatic carbocycles. The average molecular weight is 464 g/mol. The summed E-state index contributed by atoms with van der Waals surface area (Å²) in [7, 11) is 2.07. The van der Waals surface area contributed by atoms with E-state index in [1.807, 2.05) is 59.4 Å². The van der Waals surface area contributed by atoms with Gasteiger partial charge in [-0.25, -0.2) is 4.68 Å². The van der Waals surface area contributed by atoms with Gasteiger partial charge < -0.3 is 19.5 Å². The second kappa shape index (κ2) is 10.3. The Kier molecular flexibility index (Phi) is 6.84. The molecule has 2 aliphatic rings. The molecule has 1 N–H and O–H groups in total. The normalized spacial score (nSPS) is 23.7. The third-order valence-corrected chi connectivity index (χ3v) is 6.11. The number of nitrogens with one attached hydrogen (secondary N) is 1. The van der Waals surface area contributed by atoms with Gasteiger partial charge in [-0.2, -0.15) is 0 Å². The van der Waals surface area contributed by atoms with E-state index in [1.54, 1.807) is 0 Å². The summed E-state index contributed by atoms with van der Waals surface area (Å²) < 4.78 is 19.4. The van der Waals surface area contributed by atoms with Gasteiger partial charge in [-0.3, -0.25) is 9.69 Å². The fraction of sp³-hybridized carbons (Fsp3) is 0.400. The summed E-state index contributed by atoms with van der Waals surface area (Å²) in [6, 6.07) is 19.3. The van der Waals surface area contributed by atoms with Gasteiger partial charge in [0.15, 0.2) is 6.61 Å². The molecule has 4 unspecified atom stereocenters. The summed E-state index contributed by atoms with van der Waals surface area (Å²) in [5.74, 6) is 0.460. The molecule has 178 valence electrons. The third-order valence-electron chi connectivity index (χ3n) is 6.11. The number of rotatable bonds is 9. The summed E-state index contributed by atoms with van der Waals surface area (Å²) in [6.07, 6.45) is 1.55. The molecule has 3 aromatic rings. The predicted octanol–water partition coefficient (Wildman–Crippen LogP) is 1.81. The van der Waals surface area contributed by atoms with Gasteiger partial charge >= 0.3 is 0 Å². The Morgan fingerprint density at radius 3 is 2.59 bits per heavy atom. The van der Waals surface area contributed by atoms with Crippen molar-refractivity contribution < 1.29 is 19.0 Å². The highest BCUT2D eigenvalue weighted by Gasteiger charge is 2.49. The van der Waals surface area contributed by atoms with E-state index in [2.05, 4.69) is 39.7 Å². The lowest BCUT2D eigenvalue weighted by Crippen LogP contribution is -2.45.